The number of carbonyl (C=O) groups excluding carboxylic acids is 2. The summed E-state index contributed by atoms with van der Waals surface area (Å²) in [5.74, 6) is 1.98. The van der Waals surface area contributed by atoms with Gasteiger partial charge in [0.15, 0.2) is 11.5 Å². The molecule has 0 spiro atoms. The summed E-state index contributed by atoms with van der Waals surface area (Å²) in [6.45, 7) is 1.84. The maximum atomic E-state index is 13.5. The minimum atomic E-state index is -0.400. The first-order valence-corrected chi connectivity index (χ1v) is 15.6. The predicted octanol–water partition coefficient (Wildman–Crippen LogP) is 4.60. The van der Waals surface area contributed by atoms with Crippen LogP contribution >= 0.6 is 0 Å². The summed E-state index contributed by atoms with van der Waals surface area (Å²) in [5.41, 5.74) is 4.48. The zero-order valence-corrected chi connectivity index (χ0v) is 27.1. The van der Waals surface area contributed by atoms with Crippen LogP contribution in [0.15, 0.2) is 59.4 Å². The number of fused-ring (bicyclic) bond motifs is 3. The Hall–Kier alpha value is -5.39. The van der Waals surface area contributed by atoms with E-state index in [2.05, 4.69) is 43.3 Å². The predicted molar refractivity (Wildman–Crippen MR) is 179 cm³/mol. The van der Waals surface area contributed by atoms with E-state index in [1.54, 1.807) is 33.5 Å². The van der Waals surface area contributed by atoms with E-state index in [0.717, 1.165) is 23.1 Å². The van der Waals surface area contributed by atoms with Gasteiger partial charge in [0.2, 0.25) is 28.9 Å². The first kappa shape index (κ1) is 33.0. The number of aromatic amines is 1. The fourth-order valence-corrected chi connectivity index (χ4v) is 5.88. The molecular formula is C35H40N6O6. The number of aryl methyl sites for hydroxylation is 3. The van der Waals surface area contributed by atoms with Crippen molar-refractivity contribution in [3.63, 3.8) is 0 Å². The second-order valence-electron chi connectivity index (χ2n) is 11.3. The monoisotopic (exact) mass is 640 g/mol. The molecule has 12 heteroatoms. The Morgan fingerprint density at radius 3 is 2.49 bits per heavy atom. The first-order valence-electron chi connectivity index (χ1n) is 15.6. The summed E-state index contributed by atoms with van der Waals surface area (Å²) in [4.78, 5) is 42.6. The number of hydrogen-bond donors (Lipinski definition) is 4. The molecule has 2 amide bonds. The highest BCUT2D eigenvalue weighted by molar-refractivity contribution is 5.89. The Kier molecular flexibility index (Phi) is 10.7. The number of benzene rings is 2. The van der Waals surface area contributed by atoms with Gasteiger partial charge in [0, 0.05) is 31.9 Å². The molecule has 0 aliphatic heterocycles. The van der Waals surface area contributed by atoms with Gasteiger partial charge in [-0.3, -0.25) is 24.8 Å². The number of anilines is 2. The molecule has 4 aromatic rings. The van der Waals surface area contributed by atoms with Gasteiger partial charge in [0.05, 0.1) is 33.1 Å². The van der Waals surface area contributed by atoms with Crippen LogP contribution in [-0.4, -0.2) is 54.9 Å². The summed E-state index contributed by atoms with van der Waals surface area (Å²) >= 11 is 0. The number of nitrogens with one attached hydrogen (secondary N) is 4. The molecule has 0 fully saturated rings. The van der Waals surface area contributed by atoms with Crippen molar-refractivity contribution in [3.8, 4) is 28.4 Å². The number of methoxy groups -OCH3 is 3. The Morgan fingerprint density at radius 2 is 1.77 bits per heavy atom. The zero-order chi connectivity index (χ0) is 33.3. The van der Waals surface area contributed by atoms with Crippen molar-refractivity contribution < 1.29 is 23.8 Å². The summed E-state index contributed by atoms with van der Waals surface area (Å²) in [5, 5.41) is 15.9. The molecule has 1 atom stereocenters. The summed E-state index contributed by atoms with van der Waals surface area (Å²) in [6, 6.07) is 16.7. The Bertz CT molecular complexity index is 1790. The summed E-state index contributed by atoms with van der Waals surface area (Å²) in [6.07, 6.45) is 3.35. The maximum absolute atomic E-state index is 13.5. The number of amides is 2. The molecule has 1 aromatic heterocycles. The van der Waals surface area contributed by atoms with Crippen molar-refractivity contribution in [2.24, 2.45) is 0 Å². The minimum Gasteiger partial charge on any atom is -0.493 e. The molecule has 1 heterocycles. The highest BCUT2D eigenvalue weighted by Gasteiger charge is 2.29. The molecule has 1 unspecified atom stereocenters. The molecular weight excluding hydrogens is 600 g/mol. The largest absolute Gasteiger partial charge is 0.493 e. The van der Waals surface area contributed by atoms with Gasteiger partial charge < -0.3 is 24.8 Å². The molecule has 5 rings (SSSR count). The highest BCUT2D eigenvalue weighted by atomic mass is 16.5. The van der Waals surface area contributed by atoms with E-state index in [4.69, 9.17) is 14.2 Å². The minimum absolute atomic E-state index is 0.196. The van der Waals surface area contributed by atoms with Crippen molar-refractivity contribution in [1.82, 2.24) is 20.5 Å². The van der Waals surface area contributed by atoms with Crippen LogP contribution in [0.25, 0.3) is 11.1 Å². The number of H-pyrrole nitrogens is 1. The summed E-state index contributed by atoms with van der Waals surface area (Å²) in [7, 11) is 4.67. The van der Waals surface area contributed by atoms with Crippen LogP contribution in [0.3, 0.4) is 0 Å². The molecule has 0 saturated carbocycles. The molecule has 1 aliphatic carbocycles. The van der Waals surface area contributed by atoms with E-state index in [1.165, 1.54) is 12.5 Å². The van der Waals surface area contributed by atoms with Gasteiger partial charge in [-0.25, -0.2) is 0 Å². The zero-order valence-electron chi connectivity index (χ0n) is 27.1. The molecule has 47 heavy (non-hydrogen) atoms. The SMILES string of the molecule is COc1cc2c(c(OC)c1OC)-c1ccc(NCCCC(=O)Nc3n[nH]c(CCc4ccccc4)n3)c(=O)cc1C(NC(C)=O)CC2. The molecule has 12 nitrogen and oxygen atoms in total. The van der Waals surface area contributed by atoms with Crippen molar-refractivity contribution in [1.29, 1.82) is 0 Å². The molecule has 246 valence electrons. The topological polar surface area (TPSA) is 157 Å². The van der Waals surface area contributed by atoms with Crippen molar-refractivity contribution in [3.05, 3.63) is 87.3 Å². The van der Waals surface area contributed by atoms with Crippen LogP contribution in [0, 0.1) is 0 Å². The van der Waals surface area contributed by atoms with Crippen LogP contribution in [0.4, 0.5) is 11.6 Å². The van der Waals surface area contributed by atoms with Gasteiger partial charge in [0.25, 0.3) is 0 Å². The highest BCUT2D eigenvalue weighted by Crippen LogP contribution is 2.50. The van der Waals surface area contributed by atoms with Gasteiger partial charge in [-0.15, -0.1) is 5.10 Å². The van der Waals surface area contributed by atoms with Gasteiger partial charge in [-0.1, -0.05) is 36.4 Å². The van der Waals surface area contributed by atoms with E-state index in [-0.39, 0.29) is 29.6 Å². The first-order chi connectivity index (χ1) is 22.8. The average molecular weight is 641 g/mol. The molecule has 0 saturated heterocycles. The van der Waals surface area contributed by atoms with Crippen molar-refractivity contribution in [2.75, 3.05) is 38.5 Å². The molecule has 3 aromatic carbocycles. The quantitative estimate of drug-likeness (QED) is 0.153. The lowest BCUT2D eigenvalue weighted by Gasteiger charge is -2.19. The normalized spacial score (nSPS) is 13.4. The van der Waals surface area contributed by atoms with Gasteiger partial charge in [-0.2, -0.15) is 4.98 Å². The molecule has 4 N–H and O–H groups in total. The van der Waals surface area contributed by atoms with Crippen molar-refractivity contribution in [2.45, 2.75) is 51.5 Å². The van der Waals surface area contributed by atoms with E-state index in [0.29, 0.717) is 66.6 Å². The van der Waals surface area contributed by atoms with Gasteiger partial charge in [-0.05, 0) is 66.1 Å². The number of rotatable bonds is 13. The number of ether oxygens (including phenoxy) is 3. The fourth-order valence-electron chi connectivity index (χ4n) is 5.88. The third-order valence-corrected chi connectivity index (χ3v) is 8.09. The van der Waals surface area contributed by atoms with Gasteiger partial charge in [0.1, 0.15) is 5.82 Å². The van der Waals surface area contributed by atoms with E-state index < -0.39 is 6.04 Å². The Morgan fingerprint density at radius 1 is 0.979 bits per heavy atom. The smallest absolute Gasteiger partial charge is 0.248 e. The third-order valence-electron chi connectivity index (χ3n) is 8.09. The van der Waals surface area contributed by atoms with E-state index >= 15 is 0 Å². The van der Waals surface area contributed by atoms with E-state index in [9.17, 15) is 14.4 Å². The van der Waals surface area contributed by atoms with Gasteiger partial charge >= 0.3 is 0 Å². The number of hydrogen-bond acceptors (Lipinski definition) is 9. The standard InChI is InChI=1S/C35H40N6O6/c1-21(42)37-26-15-13-23-19-29(45-2)33(46-3)34(47-4)32(23)24-14-16-27(28(43)20-25(24)26)36-18-8-11-31(44)39-35-38-30(40-41-35)17-12-22-9-6-5-7-10-22/h5-7,9-10,14,16,19-20,26H,8,11-13,15,17-18H2,1-4H3,(H,36,43)(H,37,42)(H2,38,39,40,41,44). The van der Waals surface area contributed by atoms with Crippen LogP contribution in [0.1, 0.15) is 54.7 Å². The lowest BCUT2D eigenvalue weighted by molar-refractivity contribution is -0.119. The average Bonchev–Trinajstić information content (AvgIpc) is 3.39. The maximum Gasteiger partial charge on any atom is 0.248 e. The molecule has 0 radical (unpaired) electrons. The third kappa shape index (κ3) is 7.89. The van der Waals surface area contributed by atoms with Crippen molar-refractivity contribution >= 4 is 23.5 Å². The number of carbonyl (C=O) groups is 2. The van der Waals surface area contributed by atoms with Crippen LogP contribution in [0.2, 0.25) is 0 Å². The molecule has 1 aliphatic rings. The molecule has 0 bridgehead atoms. The van der Waals surface area contributed by atoms with Crippen LogP contribution in [-0.2, 0) is 28.9 Å². The summed E-state index contributed by atoms with van der Waals surface area (Å²) < 4.78 is 17.1. The fraction of sp³-hybridized carbons (Fsp3) is 0.343. The second kappa shape index (κ2) is 15.3. The second-order valence-corrected chi connectivity index (χ2v) is 11.3. The number of nitrogens with zero attached hydrogens (tertiary/aromatic N) is 2. The van der Waals surface area contributed by atoms with Crippen LogP contribution < -0.4 is 35.6 Å². The Labute approximate surface area is 273 Å². The lowest BCUT2D eigenvalue weighted by Crippen LogP contribution is -2.26. The lowest BCUT2D eigenvalue weighted by atomic mass is 9.95. The van der Waals surface area contributed by atoms with E-state index in [1.807, 2.05) is 30.3 Å². The number of aromatic nitrogens is 3. The Balaban J connectivity index is 1.28. The van der Waals surface area contributed by atoms with Crippen LogP contribution in [0.5, 0.6) is 17.2 Å².